The van der Waals surface area contributed by atoms with Gasteiger partial charge in [-0.1, -0.05) is 24.3 Å². The fraction of sp³-hybridized carbons (Fsp3) is 0.250. The van der Waals surface area contributed by atoms with Crippen molar-refractivity contribution in [2.75, 3.05) is 0 Å². The van der Waals surface area contributed by atoms with Gasteiger partial charge in [-0.15, -0.1) is 13.2 Å². The molecule has 0 heteroatoms. The summed E-state index contributed by atoms with van der Waals surface area (Å²) in [4.78, 5) is 0. The lowest BCUT2D eigenvalue weighted by Gasteiger charge is -1.93. The molecule has 8 heavy (non-hydrogen) atoms. The molecule has 0 spiro atoms. The van der Waals surface area contributed by atoms with Crippen LogP contribution < -0.4 is 0 Å². The highest BCUT2D eigenvalue weighted by atomic mass is 13.9. The summed E-state index contributed by atoms with van der Waals surface area (Å²) in [5, 5.41) is 0. The molecule has 0 aromatic carbocycles. The molecule has 0 aliphatic rings. The third-order valence-corrected chi connectivity index (χ3v) is 0.959. The molecular weight excluding hydrogens is 96.1 g/mol. The third kappa shape index (κ3) is 2.40. The van der Waals surface area contributed by atoms with Gasteiger partial charge >= 0.3 is 0 Å². The lowest BCUT2D eigenvalue weighted by Crippen LogP contribution is -1.80. The van der Waals surface area contributed by atoms with Crippen LogP contribution in [0.15, 0.2) is 37.5 Å². The van der Waals surface area contributed by atoms with E-state index in [1.807, 2.05) is 31.2 Å². The van der Waals surface area contributed by atoms with Crippen molar-refractivity contribution in [3.63, 3.8) is 0 Å². The Morgan fingerprint density at radius 2 is 1.75 bits per heavy atom. The molecule has 0 aliphatic heterocycles. The van der Waals surface area contributed by atoms with Crippen LogP contribution in [0.3, 0.4) is 0 Å². The van der Waals surface area contributed by atoms with Gasteiger partial charge in [-0.2, -0.15) is 0 Å². The molecule has 0 amide bonds. The molecular formula is C8H12. The second-order valence-electron chi connectivity index (χ2n) is 1.57. The van der Waals surface area contributed by atoms with E-state index in [0.29, 0.717) is 5.92 Å². The van der Waals surface area contributed by atoms with Gasteiger partial charge in [-0.05, 0) is 6.92 Å². The molecule has 44 valence electrons. The largest absolute Gasteiger partial charge is 0.102 e. The van der Waals surface area contributed by atoms with Crippen molar-refractivity contribution in [1.29, 1.82) is 0 Å². The molecule has 0 N–H and O–H groups in total. The van der Waals surface area contributed by atoms with Crippen LogP contribution in [-0.2, 0) is 0 Å². The minimum atomic E-state index is 0.347. The standard InChI is InChI=1S/C8H12/c1-4-7-8(5-2)6-3/h4-8H,2-3H2,1H3. The molecule has 0 radical (unpaired) electrons. The van der Waals surface area contributed by atoms with Crippen molar-refractivity contribution < 1.29 is 0 Å². The Labute approximate surface area is 51.2 Å². The van der Waals surface area contributed by atoms with Gasteiger partial charge in [0.05, 0.1) is 0 Å². The second-order valence-corrected chi connectivity index (χ2v) is 1.57. The summed E-state index contributed by atoms with van der Waals surface area (Å²) in [6.45, 7) is 9.24. The highest BCUT2D eigenvalue weighted by molar-refractivity contribution is 5.04. The van der Waals surface area contributed by atoms with Crippen LogP contribution in [0.5, 0.6) is 0 Å². The van der Waals surface area contributed by atoms with Gasteiger partial charge in [0.25, 0.3) is 0 Å². The first-order valence-corrected chi connectivity index (χ1v) is 2.73. The van der Waals surface area contributed by atoms with Crippen LogP contribution >= 0.6 is 0 Å². The van der Waals surface area contributed by atoms with E-state index < -0.39 is 0 Å². The average molecular weight is 108 g/mol. The fourth-order valence-electron chi connectivity index (χ4n) is 0.476. The molecule has 0 nitrogen and oxygen atoms in total. The van der Waals surface area contributed by atoms with E-state index >= 15 is 0 Å². The summed E-state index contributed by atoms with van der Waals surface area (Å²) >= 11 is 0. The smallest absolute Gasteiger partial charge is 0.0122 e. The molecule has 0 rings (SSSR count). The molecule has 0 aromatic rings. The van der Waals surface area contributed by atoms with Crippen LogP contribution in [0.25, 0.3) is 0 Å². The van der Waals surface area contributed by atoms with Crippen molar-refractivity contribution >= 4 is 0 Å². The van der Waals surface area contributed by atoms with Crippen molar-refractivity contribution in [3.05, 3.63) is 37.5 Å². The summed E-state index contributed by atoms with van der Waals surface area (Å²) in [6, 6.07) is 0. The van der Waals surface area contributed by atoms with E-state index in [2.05, 4.69) is 13.2 Å². The SMILES string of the molecule is C=CC(C=C)C=CC. The Morgan fingerprint density at radius 1 is 1.25 bits per heavy atom. The summed E-state index contributed by atoms with van der Waals surface area (Å²) in [5.74, 6) is 0.347. The van der Waals surface area contributed by atoms with Gasteiger partial charge in [0.1, 0.15) is 0 Å². The van der Waals surface area contributed by atoms with Crippen molar-refractivity contribution in [2.45, 2.75) is 6.92 Å². The first-order chi connectivity index (χ1) is 3.85. The number of hydrogen-bond donors (Lipinski definition) is 0. The van der Waals surface area contributed by atoms with Crippen molar-refractivity contribution in [1.82, 2.24) is 0 Å². The van der Waals surface area contributed by atoms with Crippen molar-refractivity contribution in [3.8, 4) is 0 Å². The maximum atomic E-state index is 3.63. The van der Waals surface area contributed by atoms with Gasteiger partial charge in [0, 0.05) is 5.92 Å². The van der Waals surface area contributed by atoms with E-state index in [1.54, 1.807) is 0 Å². The zero-order chi connectivity index (χ0) is 6.41. The summed E-state index contributed by atoms with van der Waals surface area (Å²) in [6.07, 6.45) is 7.74. The molecule has 0 heterocycles. The van der Waals surface area contributed by atoms with E-state index in [4.69, 9.17) is 0 Å². The minimum absolute atomic E-state index is 0.347. The predicted molar refractivity (Wildman–Crippen MR) is 38.7 cm³/mol. The average Bonchev–Trinajstić information content (AvgIpc) is 1.83. The molecule has 0 atom stereocenters. The van der Waals surface area contributed by atoms with Crippen LogP contribution in [0.4, 0.5) is 0 Å². The third-order valence-electron chi connectivity index (χ3n) is 0.959. The Balaban J connectivity index is 3.69. The molecule has 0 bridgehead atoms. The van der Waals surface area contributed by atoms with Gasteiger partial charge in [0.2, 0.25) is 0 Å². The van der Waals surface area contributed by atoms with E-state index in [-0.39, 0.29) is 0 Å². The molecule has 0 saturated heterocycles. The van der Waals surface area contributed by atoms with Crippen LogP contribution in [0.2, 0.25) is 0 Å². The first-order valence-electron chi connectivity index (χ1n) is 2.73. The second kappa shape index (κ2) is 4.38. The quantitative estimate of drug-likeness (QED) is 0.487. The highest BCUT2D eigenvalue weighted by Crippen LogP contribution is 1.99. The Morgan fingerprint density at radius 3 is 1.88 bits per heavy atom. The topological polar surface area (TPSA) is 0 Å². The summed E-state index contributed by atoms with van der Waals surface area (Å²) in [7, 11) is 0. The fourth-order valence-corrected chi connectivity index (χ4v) is 0.476. The van der Waals surface area contributed by atoms with E-state index in [9.17, 15) is 0 Å². The summed E-state index contributed by atoms with van der Waals surface area (Å²) < 4.78 is 0. The molecule has 0 saturated carbocycles. The van der Waals surface area contributed by atoms with E-state index in [0.717, 1.165) is 0 Å². The Kier molecular flexibility index (Phi) is 3.95. The Hall–Kier alpha value is -0.780. The maximum Gasteiger partial charge on any atom is 0.0122 e. The lowest BCUT2D eigenvalue weighted by molar-refractivity contribution is 1.07. The summed E-state index contributed by atoms with van der Waals surface area (Å²) in [5.41, 5.74) is 0. The Bertz CT molecular complexity index is 90.6. The van der Waals surface area contributed by atoms with Gasteiger partial charge in [-0.3, -0.25) is 0 Å². The van der Waals surface area contributed by atoms with Gasteiger partial charge in [0.15, 0.2) is 0 Å². The zero-order valence-electron chi connectivity index (χ0n) is 5.30. The van der Waals surface area contributed by atoms with E-state index in [1.165, 1.54) is 0 Å². The van der Waals surface area contributed by atoms with Crippen LogP contribution in [0.1, 0.15) is 6.92 Å². The number of rotatable bonds is 3. The molecule has 0 fully saturated rings. The monoisotopic (exact) mass is 108 g/mol. The normalized spacial score (nSPS) is 10.2. The molecule has 0 aliphatic carbocycles. The number of hydrogen-bond acceptors (Lipinski definition) is 0. The van der Waals surface area contributed by atoms with Crippen LogP contribution in [-0.4, -0.2) is 0 Å². The van der Waals surface area contributed by atoms with Crippen molar-refractivity contribution in [2.24, 2.45) is 5.92 Å². The molecule has 0 aromatic heterocycles. The first kappa shape index (κ1) is 7.22. The lowest BCUT2D eigenvalue weighted by atomic mass is 10.1. The zero-order valence-corrected chi connectivity index (χ0v) is 5.30. The predicted octanol–water partition coefficient (Wildman–Crippen LogP) is 2.55. The number of allylic oxidation sites excluding steroid dienone is 4. The van der Waals surface area contributed by atoms with Gasteiger partial charge in [-0.25, -0.2) is 0 Å². The molecule has 0 unspecified atom stereocenters. The van der Waals surface area contributed by atoms with Crippen LogP contribution in [0, 0.1) is 5.92 Å². The highest BCUT2D eigenvalue weighted by Gasteiger charge is 1.85. The maximum absolute atomic E-state index is 3.63. The minimum Gasteiger partial charge on any atom is -0.102 e. The van der Waals surface area contributed by atoms with Gasteiger partial charge < -0.3 is 0 Å².